The van der Waals surface area contributed by atoms with E-state index >= 15 is 0 Å². The number of benzene rings is 2. The maximum absolute atomic E-state index is 12.9. The van der Waals surface area contributed by atoms with E-state index in [4.69, 9.17) is 4.74 Å². The van der Waals surface area contributed by atoms with Crippen molar-refractivity contribution in [3.05, 3.63) is 36.4 Å². The summed E-state index contributed by atoms with van der Waals surface area (Å²) in [7, 11) is 0. The zero-order valence-electron chi connectivity index (χ0n) is 19.6. The van der Waals surface area contributed by atoms with Crippen LogP contribution in [0.25, 0.3) is 10.8 Å². The zero-order chi connectivity index (χ0) is 24.1. The molecule has 0 spiro atoms. The van der Waals surface area contributed by atoms with Gasteiger partial charge in [-0.25, -0.2) is 9.00 Å². The molecule has 8 nitrogen and oxygen atoms in total. The molecule has 0 radical (unpaired) electrons. The minimum absolute atomic E-state index is 0.0400. The average molecular weight is 488 g/mol. The highest BCUT2D eigenvalue weighted by Crippen LogP contribution is 2.36. The van der Waals surface area contributed by atoms with E-state index in [9.17, 15) is 18.4 Å². The van der Waals surface area contributed by atoms with Gasteiger partial charge >= 0.3 is 6.09 Å². The third kappa shape index (κ3) is 5.36. The molecule has 4 rings (SSSR count). The Morgan fingerprint density at radius 3 is 2.38 bits per heavy atom. The number of nitrogens with one attached hydrogen (secondary N) is 1. The van der Waals surface area contributed by atoms with Crippen LogP contribution in [0.5, 0.6) is 0 Å². The Kier molecular flexibility index (Phi) is 8.05. The number of likely N-dealkylation sites (tertiary alicyclic amines) is 1. The van der Waals surface area contributed by atoms with Crippen molar-refractivity contribution in [1.82, 2.24) is 4.90 Å². The van der Waals surface area contributed by atoms with Gasteiger partial charge in [0.1, 0.15) is 0 Å². The third-order valence-corrected chi connectivity index (χ3v) is 7.69. The molecule has 2 N–H and O–H groups in total. The van der Waals surface area contributed by atoms with E-state index in [0.29, 0.717) is 38.2 Å². The van der Waals surface area contributed by atoms with Gasteiger partial charge in [-0.2, -0.15) is 0 Å². The minimum atomic E-state index is -2.24. The van der Waals surface area contributed by atoms with Crippen molar-refractivity contribution in [3.63, 3.8) is 0 Å². The molecule has 2 aliphatic rings. The van der Waals surface area contributed by atoms with Gasteiger partial charge in [-0.1, -0.05) is 43.5 Å². The van der Waals surface area contributed by atoms with Crippen molar-refractivity contribution < 1.29 is 23.1 Å². The van der Waals surface area contributed by atoms with E-state index < -0.39 is 11.3 Å². The Labute approximate surface area is 203 Å². The molecule has 2 aromatic rings. The van der Waals surface area contributed by atoms with Crippen molar-refractivity contribution in [2.75, 3.05) is 29.3 Å². The number of nitrogens with zero attached hydrogens (tertiary/aromatic N) is 2. The van der Waals surface area contributed by atoms with Gasteiger partial charge < -0.3 is 15.0 Å². The number of hydrogen-bond donors (Lipinski definition) is 2. The molecule has 34 heavy (non-hydrogen) atoms. The first-order chi connectivity index (χ1) is 16.5. The Morgan fingerprint density at radius 1 is 1.06 bits per heavy atom. The summed E-state index contributed by atoms with van der Waals surface area (Å²) in [5.74, 6) is 0.0877. The number of hydrogen-bond acceptors (Lipinski definition) is 4. The van der Waals surface area contributed by atoms with Gasteiger partial charge in [-0.15, -0.1) is 0 Å². The lowest BCUT2D eigenvalue weighted by Crippen LogP contribution is -2.47. The highest BCUT2D eigenvalue weighted by atomic mass is 32.2. The fraction of sp³-hybridized carbons (Fsp3) is 0.520. The quantitative estimate of drug-likeness (QED) is 0.564. The topological polar surface area (TPSA) is 99.2 Å². The van der Waals surface area contributed by atoms with Crippen LogP contribution >= 0.6 is 0 Å². The van der Waals surface area contributed by atoms with Crippen LogP contribution in [-0.2, 0) is 20.8 Å². The number of carbonyl (C=O) groups excluding carboxylic acids is 2. The van der Waals surface area contributed by atoms with Crippen LogP contribution in [0.1, 0.15) is 51.9 Å². The Bertz CT molecular complexity index is 1050. The van der Waals surface area contributed by atoms with E-state index in [0.717, 1.165) is 42.1 Å². The second-order valence-electron chi connectivity index (χ2n) is 8.98. The molecule has 1 heterocycles. The molecule has 1 atom stereocenters. The molecule has 2 amide bonds. The highest BCUT2D eigenvalue weighted by Gasteiger charge is 2.31. The van der Waals surface area contributed by atoms with Crippen LogP contribution in [0.2, 0.25) is 0 Å². The number of piperidine rings is 1. The van der Waals surface area contributed by atoms with E-state index in [1.807, 2.05) is 36.4 Å². The molecule has 184 valence electrons. The SMILES string of the molecule is CCOC(=O)N1CCC(N(c2ccc(NC(=O)C3CCCCC3)c3ccccc23)S(=O)O)CC1. The van der Waals surface area contributed by atoms with Gasteiger partial charge in [0.2, 0.25) is 5.91 Å². The number of anilines is 2. The van der Waals surface area contributed by atoms with E-state index in [1.165, 1.54) is 10.7 Å². The largest absolute Gasteiger partial charge is 0.450 e. The zero-order valence-corrected chi connectivity index (χ0v) is 20.4. The van der Waals surface area contributed by atoms with Crippen molar-refractivity contribution in [3.8, 4) is 0 Å². The molecule has 1 saturated carbocycles. The molecule has 2 aromatic carbocycles. The van der Waals surface area contributed by atoms with Crippen LogP contribution in [0.15, 0.2) is 36.4 Å². The number of fused-ring (bicyclic) bond motifs is 1. The first kappa shape index (κ1) is 24.5. The first-order valence-electron chi connectivity index (χ1n) is 12.1. The maximum atomic E-state index is 12.9. The second kappa shape index (κ2) is 11.2. The van der Waals surface area contributed by atoms with Gasteiger partial charge in [0.05, 0.1) is 12.3 Å². The standard InChI is InChI=1S/C25H33N3O5S/c1-2-33-25(30)27-16-14-19(15-17-27)28(34(31)32)23-13-12-22(20-10-6-7-11-21(20)23)26-24(29)18-8-4-3-5-9-18/h6-7,10-13,18-19H,2-5,8-9,14-17H2,1H3,(H,26,29)(H,31,32). The van der Waals surface area contributed by atoms with Gasteiger partial charge in [-0.3, -0.25) is 13.7 Å². The molecule has 0 bridgehead atoms. The Hall–Kier alpha value is -2.65. The van der Waals surface area contributed by atoms with Crippen molar-refractivity contribution in [2.45, 2.75) is 57.9 Å². The number of ether oxygens (including phenoxy) is 1. The third-order valence-electron chi connectivity index (χ3n) is 6.86. The normalized spacial score (nSPS) is 18.5. The predicted octanol–water partition coefficient (Wildman–Crippen LogP) is 4.92. The summed E-state index contributed by atoms with van der Waals surface area (Å²) in [6.07, 6.45) is 5.97. The molecule has 0 aromatic heterocycles. The fourth-order valence-corrected chi connectivity index (χ4v) is 5.88. The summed E-state index contributed by atoms with van der Waals surface area (Å²) in [6, 6.07) is 11.1. The van der Waals surface area contributed by atoms with Crippen molar-refractivity contribution in [1.29, 1.82) is 0 Å². The number of amides is 2. The Morgan fingerprint density at radius 2 is 1.74 bits per heavy atom. The molecule has 2 fully saturated rings. The van der Waals surface area contributed by atoms with Crippen molar-refractivity contribution in [2.24, 2.45) is 5.92 Å². The molecular formula is C25H33N3O5S. The monoisotopic (exact) mass is 487 g/mol. The number of carbonyl (C=O) groups is 2. The fourth-order valence-electron chi connectivity index (χ4n) is 5.09. The summed E-state index contributed by atoms with van der Waals surface area (Å²) in [4.78, 5) is 26.5. The van der Waals surface area contributed by atoms with Crippen LogP contribution in [0.3, 0.4) is 0 Å². The van der Waals surface area contributed by atoms with Crippen LogP contribution in [0, 0.1) is 5.92 Å². The molecular weight excluding hydrogens is 454 g/mol. The maximum Gasteiger partial charge on any atom is 0.409 e. The molecule has 1 saturated heterocycles. The van der Waals surface area contributed by atoms with Gasteiger partial charge in [0.15, 0.2) is 0 Å². The lowest BCUT2D eigenvalue weighted by Gasteiger charge is -2.37. The predicted molar refractivity (Wildman–Crippen MR) is 134 cm³/mol. The smallest absolute Gasteiger partial charge is 0.409 e. The summed E-state index contributed by atoms with van der Waals surface area (Å²) < 4.78 is 29.3. The van der Waals surface area contributed by atoms with E-state index in [1.54, 1.807) is 11.8 Å². The summed E-state index contributed by atoms with van der Waals surface area (Å²) >= 11 is -2.24. The van der Waals surface area contributed by atoms with E-state index in [-0.39, 0.29) is 24.0 Å². The molecule has 1 unspecified atom stereocenters. The summed E-state index contributed by atoms with van der Waals surface area (Å²) in [5.41, 5.74) is 1.36. The average Bonchev–Trinajstić information content (AvgIpc) is 2.86. The second-order valence-corrected chi connectivity index (χ2v) is 9.83. The Balaban J connectivity index is 1.58. The van der Waals surface area contributed by atoms with Gasteiger partial charge in [-0.05, 0) is 44.7 Å². The van der Waals surface area contributed by atoms with Crippen LogP contribution in [-0.4, -0.2) is 51.4 Å². The highest BCUT2D eigenvalue weighted by molar-refractivity contribution is 7.80. The van der Waals surface area contributed by atoms with E-state index in [2.05, 4.69) is 5.32 Å². The minimum Gasteiger partial charge on any atom is -0.450 e. The first-order valence-corrected chi connectivity index (χ1v) is 13.2. The lowest BCUT2D eigenvalue weighted by molar-refractivity contribution is -0.120. The summed E-state index contributed by atoms with van der Waals surface area (Å²) in [5, 5.41) is 4.75. The summed E-state index contributed by atoms with van der Waals surface area (Å²) in [6.45, 7) is 3.02. The molecule has 1 aliphatic carbocycles. The lowest BCUT2D eigenvalue weighted by atomic mass is 9.88. The number of rotatable bonds is 6. The van der Waals surface area contributed by atoms with Crippen LogP contribution in [0.4, 0.5) is 16.2 Å². The van der Waals surface area contributed by atoms with Crippen LogP contribution < -0.4 is 9.62 Å². The van der Waals surface area contributed by atoms with Crippen molar-refractivity contribution >= 4 is 45.4 Å². The molecule has 1 aliphatic heterocycles. The van der Waals surface area contributed by atoms with Gasteiger partial charge in [0, 0.05) is 41.5 Å². The van der Waals surface area contributed by atoms with Gasteiger partial charge in [0.25, 0.3) is 11.3 Å². The molecule has 9 heteroatoms.